The molecule has 0 saturated carbocycles. The van der Waals surface area contributed by atoms with E-state index in [2.05, 4.69) is 0 Å². The van der Waals surface area contributed by atoms with Gasteiger partial charge in [-0.2, -0.15) is 0 Å². The predicted molar refractivity (Wildman–Crippen MR) is 53.5 cm³/mol. The molecule has 0 radical (unpaired) electrons. The first kappa shape index (κ1) is 12.4. The van der Waals surface area contributed by atoms with Crippen molar-refractivity contribution in [2.75, 3.05) is 7.11 Å². The first-order chi connectivity index (χ1) is 6.25. The Morgan fingerprint density at radius 2 is 2.00 bits per heavy atom. The Hall–Kier alpha value is -0.600. The van der Waals surface area contributed by atoms with Crippen LogP contribution >= 0.6 is 11.6 Å². The number of rotatable bonds is 2. The van der Waals surface area contributed by atoms with Crippen molar-refractivity contribution in [3.05, 3.63) is 34.6 Å². The van der Waals surface area contributed by atoms with Gasteiger partial charge in [0, 0.05) is 17.7 Å². The summed E-state index contributed by atoms with van der Waals surface area (Å²) >= 11 is 5.69. The topological polar surface area (TPSA) is 9.23 Å². The average Bonchev–Trinajstić information content (AvgIpc) is 2.15. The number of benzene rings is 1. The van der Waals surface area contributed by atoms with Crippen LogP contribution in [0.4, 0.5) is 4.39 Å². The molecule has 0 N–H and O–H groups in total. The summed E-state index contributed by atoms with van der Waals surface area (Å²) in [4.78, 5) is 0. The SMILES string of the molecule is CC.COCc1c(F)cccc1Cl. The summed E-state index contributed by atoms with van der Waals surface area (Å²) in [7, 11) is 1.50. The van der Waals surface area contributed by atoms with E-state index in [1.165, 1.54) is 13.2 Å². The van der Waals surface area contributed by atoms with E-state index in [4.69, 9.17) is 16.3 Å². The maximum absolute atomic E-state index is 12.9. The van der Waals surface area contributed by atoms with Crippen LogP contribution in [0.2, 0.25) is 5.02 Å². The van der Waals surface area contributed by atoms with E-state index in [9.17, 15) is 4.39 Å². The van der Waals surface area contributed by atoms with Crippen molar-refractivity contribution in [2.24, 2.45) is 0 Å². The second-order valence-electron chi connectivity index (χ2n) is 2.13. The Kier molecular flexibility index (Phi) is 6.55. The summed E-state index contributed by atoms with van der Waals surface area (Å²) in [5.74, 6) is -0.320. The number of hydrogen-bond donors (Lipinski definition) is 0. The van der Waals surface area contributed by atoms with E-state index < -0.39 is 0 Å². The lowest BCUT2D eigenvalue weighted by Gasteiger charge is -2.02. The molecule has 1 nitrogen and oxygen atoms in total. The average molecular weight is 205 g/mol. The summed E-state index contributed by atoms with van der Waals surface area (Å²) in [6, 6.07) is 4.57. The highest BCUT2D eigenvalue weighted by molar-refractivity contribution is 6.31. The summed E-state index contributed by atoms with van der Waals surface area (Å²) in [5.41, 5.74) is 0.414. The Labute approximate surface area is 83.5 Å². The third-order valence-electron chi connectivity index (χ3n) is 1.35. The Bertz CT molecular complexity index is 230. The van der Waals surface area contributed by atoms with Gasteiger partial charge >= 0.3 is 0 Å². The van der Waals surface area contributed by atoms with Crippen LogP contribution in [-0.4, -0.2) is 7.11 Å². The molecule has 0 atom stereocenters. The summed E-state index contributed by atoms with van der Waals surface area (Å²) in [6.07, 6.45) is 0. The van der Waals surface area contributed by atoms with Crippen LogP contribution in [0, 0.1) is 5.82 Å². The fraction of sp³-hybridized carbons (Fsp3) is 0.400. The zero-order valence-corrected chi connectivity index (χ0v) is 8.86. The molecule has 0 aliphatic rings. The predicted octanol–water partition coefficient (Wildman–Crippen LogP) is 3.65. The minimum absolute atomic E-state index is 0.214. The Morgan fingerprint density at radius 1 is 1.38 bits per heavy atom. The molecular formula is C10H14ClFO. The van der Waals surface area contributed by atoms with Gasteiger partial charge in [-0.15, -0.1) is 0 Å². The van der Waals surface area contributed by atoms with Crippen molar-refractivity contribution in [3.8, 4) is 0 Å². The fourth-order valence-electron chi connectivity index (χ4n) is 0.815. The lowest BCUT2D eigenvalue weighted by atomic mass is 10.2. The van der Waals surface area contributed by atoms with Crippen molar-refractivity contribution in [2.45, 2.75) is 20.5 Å². The number of ether oxygens (including phenoxy) is 1. The minimum Gasteiger partial charge on any atom is -0.380 e. The molecule has 1 aromatic carbocycles. The normalized spacial score (nSPS) is 9.00. The van der Waals surface area contributed by atoms with Crippen LogP contribution in [0.1, 0.15) is 19.4 Å². The molecule has 74 valence electrons. The first-order valence-corrected chi connectivity index (χ1v) is 4.55. The maximum Gasteiger partial charge on any atom is 0.130 e. The molecule has 0 spiro atoms. The van der Waals surface area contributed by atoms with E-state index in [1.54, 1.807) is 12.1 Å². The highest BCUT2D eigenvalue weighted by atomic mass is 35.5. The molecule has 0 aliphatic carbocycles. The van der Waals surface area contributed by atoms with Crippen molar-refractivity contribution < 1.29 is 9.13 Å². The molecule has 0 unspecified atom stereocenters. The van der Waals surface area contributed by atoms with Gasteiger partial charge in [-0.3, -0.25) is 0 Å². The van der Waals surface area contributed by atoms with Gasteiger partial charge in [0.25, 0.3) is 0 Å². The number of methoxy groups -OCH3 is 1. The number of halogens is 2. The van der Waals surface area contributed by atoms with Crippen molar-refractivity contribution in [1.29, 1.82) is 0 Å². The van der Waals surface area contributed by atoms with E-state index in [0.717, 1.165) is 0 Å². The molecule has 0 saturated heterocycles. The van der Waals surface area contributed by atoms with Gasteiger partial charge in [0.15, 0.2) is 0 Å². The standard InChI is InChI=1S/C8H8ClFO.C2H6/c1-11-5-6-7(9)3-2-4-8(6)10;1-2/h2-4H,5H2,1H3;1-2H3. The fourth-order valence-corrected chi connectivity index (χ4v) is 1.03. The third-order valence-corrected chi connectivity index (χ3v) is 1.70. The van der Waals surface area contributed by atoms with Gasteiger partial charge in [-0.05, 0) is 12.1 Å². The second kappa shape index (κ2) is 6.87. The molecule has 13 heavy (non-hydrogen) atoms. The molecule has 0 bridgehead atoms. The number of hydrogen-bond acceptors (Lipinski definition) is 1. The Morgan fingerprint density at radius 3 is 2.46 bits per heavy atom. The van der Waals surface area contributed by atoms with E-state index in [1.807, 2.05) is 13.8 Å². The molecule has 0 fully saturated rings. The van der Waals surface area contributed by atoms with Gasteiger partial charge in [0.2, 0.25) is 0 Å². The molecule has 0 heterocycles. The van der Waals surface area contributed by atoms with Crippen molar-refractivity contribution >= 4 is 11.6 Å². The second-order valence-corrected chi connectivity index (χ2v) is 2.54. The van der Waals surface area contributed by atoms with Crippen molar-refractivity contribution in [1.82, 2.24) is 0 Å². The van der Waals surface area contributed by atoms with Crippen LogP contribution in [0.15, 0.2) is 18.2 Å². The first-order valence-electron chi connectivity index (χ1n) is 4.17. The molecule has 1 aromatic rings. The molecule has 0 aromatic heterocycles. The highest BCUT2D eigenvalue weighted by Gasteiger charge is 2.04. The van der Waals surface area contributed by atoms with Gasteiger partial charge in [-0.1, -0.05) is 31.5 Å². The lowest BCUT2D eigenvalue weighted by molar-refractivity contribution is 0.181. The van der Waals surface area contributed by atoms with Gasteiger partial charge in [0.1, 0.15) is 5.82 Å². The van der Waals surface area contributed by atoms with Gasteiger partial charge in [-0.25, -0.2) is 4.39 Å². The monoisotopic (exact) mass is 204 g/mol. The van der Waals surface area contributed by atoms with Gasteiger partial charge < -0.3 is 4.74 Å². The van der Waals surface area contributed by atoms with Crippen LogP contribution < -0.4 is 0 Å². The van der Waals surface area contributed by atoms with E-state index in [0.29, 0.717) is 10.6 Å². The van der Waals surface area contributed by atoms with Gasteiger partial charge in [0.05, 0.1) is 6.61 Å². The van der Waals surface area contributed by atoms with Crippen LogP contribution in [0.25, 0.3) is 0 Å². The van der Waals surface area contributed by atoms with E-state index >= 15 is 0 Å². The molecular weight excluding hydrogens is 191 g/mol. The maximum atomic E-state index is 12.9. The summed E-state index contributed by atoms with van der Waals surface area (Å²) in [5, 5.41) is 0.409. The van der Waals surface area contributed by atoms with Crippen LogP contribution in [0.3, 0.4) is 0 Å². The summed E-state index contributed by atoms with van der Waals surface area (Å²) in [6.45, 7) is 4.21. The van der Waals surface area contributed by atoms with Crippen LogP contribution in [0.5, 0.6) is 0 Å². The largest absolute Gasteiger partial charge is 0.380 e. The molecule has 3 heteroatoms. The quantitative estimate of drug-likeness (QED) is 0.715. The summed E-state index contributed by atoms with van der Waals surface area (Å²) < 4.78 is 17.6. The Balaban J connectivity index is 0.000000671. The highest BCUT2D eigenvalue weighted by Crippen LogP contribution is 2.19. The molecule has 0 amide bonds. The van der Waals surface area contributed by atoms with E-state index in [-0.39, 0.29) is 12.4 Å². The van der Waals surface area contributed by atoms with Crippen LogP contribution in [-0.2, 0) is 11.3 Å². The zero-order chi connectivity index (χ0) is 10.3. The zero-order valence-electron chi connectivity index (χ0n) is 8.10. The molecule has 1 rings (SSSR count). The third kappa shape index (κ3) is 3.75. The minimum atomic E-state index is -0.320. The smallest absolute Gasteiger partial charge is 0.130 e. The molecule has 0 aliphatic heterocycles. The lowest BCUT2D eigenvalue weighted by Crippen LogP contribution is -1.92. The van der Waals surface area contributed by atoms with Crippen molar-refractivity contribution in [3.63, 3.8) is 0 Å².